The van der Waals surface area contributed by atoms with E-state index in [1.807, 2.05) is 16.8 Å². The average molecular weight is 210 g/mol. The average Bonchev–Trinajstić information content (AvgIpc) is 2.65. The van der Waals surface area contributed by atoms with Crippen LogP contribution in [0.5, 0.6) is 0 Å². The molecule has 0 amide bonds. The maximum Gasteiger partial charge on any atom is 0.0797 e. The lowest BCUT2D eigenvalue weighted by atomic mass is 9.85. The minimum atomic E-state index is 0.699. The minimum absolute atomic E-state index is 0.699. The van der Waals surface area contributed by atoms with Crippen LogP contribution in [0.25, 0.3) is 0 Å². The summed E-state index contributed by atoms with van der Waals surface area (Å²) in [4.78, 5) is 5.83. The molecule has 1 fully saturated rings. The largest absolute Gasteiger partial charge is 0.317 e. The second-order valence-corrected chi connectivity index (χ2v) is 5.06. The maximum atomic E-state index is 4.34. The van der Waals surface area contributed by atoms with Crippen molar-refractivity contribution in [3.8, 4) is 0 Å². The van der Waals surface area contributed by atoms with E-state index in [0.29, 0.717) is 5.92 Å². The molecule has 0 bridgehead atoms. The van der Waals surface area contributed by atoms with E-state index in [2.05, 4.69) is 24.1 Å². The zero-order valence-electron chi connectivity index (χ0n) is 8.92. The van der Waals surface area contributed by atoms with Gasteiger partial charge < -0.3 is 5.32 Å². The van der Waals surface area contributed by atoms with Crippen molar-refractivity contribution in [3.63, 3.8) is 0 Å². The first-order chi connectivity index (χ1) is 6.79. The van der Waals surface area contributed by atoms with Crippen LogP contribution in [0.1, 0.15) is 36.3 Å². The summed E-state index contributed by atoms with van der Waals surface area (Å²) in [5, 5.41) is 3.42. The molecule has 0 spiro atoms. The molecule has 1 aromatic rings. The SMILES string of the molecule is Cc1ncsc1C(C)C1CCNCC1. The second-order valence-electron chi connectivity index (χ2n) is 4.18. The molecule has 1 aliphatic heterocycles. The summed E-state index contributed by atoms with van der Waals surface area (Å²) in [5.74, 6) is 1.56. The van der Waals surface area contributed by atoms with Gasteiger partial charge in [-0.3, -0.25) is 0 Å². The van der Waals surface area contributed by atoms with Crippen LogP contribution in [0.2, 0.25) is 0 Å². The molecular weight excluding hydrogens is 192 g/mol. The summed E-state index contributed by atoms with van der Waals surface area (Å²) < 4.78 is 0. The first-order valence-corrected chi connectivity index (χ1v) is 6.27. The highest BCUT2D eigenvalue weighted by molar-refractivity contribution is 7.09. The zero-order chi connectivity index (χ0) is 9.97. The van der Waals surface area contributed by atoms with Gasteiger partial charge in [0.15, 0.2) is 0 Å². The molecule has 0 aliphatic carbocycles. The molecule has 3 heteroatoms. The Morgan fingerprint density at radius 2 is 2.21 bits per heavy atom. The lowest BCUT2D eigenvalue weighted by Gasteiger charge is -2.27. The predicted octanol–water partition coefficient (Wildman–Crippen LogP) is 2.55. The Labute approximate surface area is 89.8 Å². The quantitative estimate of drug-likeness (QED) is 0.811. The van der Waals surface area contributed by atoms with Crippen LogP contribution >= 0.6 is 11.3 Å². The third-order valence-corrected chi connectivity index (χ3v) is 4.42. The first kappa shape index (κ1) is 10.1. The van der Waals surface area contributed by atoms with Gasteiger partial charge in [0.05, 0.1) is 11.2 Å². The standard InChI is InChI=1S/C11H18N2S/c1-8(10-3-5-12-6-4-10)11-9(2)13-7-14-11/h7-8,10,12H,3-6H2,1-2H3. The fraction of sp³-hybridized carbons (Fsp3) is 0.727. The van der Waals surface area contributed by atoms with E-state index in [9.17, 15) is 0 Å². The Morgan fingerprint density at radius 1 is 1.50 bits per heavy atom. The number of piperidine rings is 1. The van der Waals surface area contributed by atoms with Crippen LogP contribution in [0.4, 0.5) is 0 Å². The molecule has 1 saturated heterocycles. The molecule has 0 radical (unpaired) electrons. The number of rotatable bonds is 2. The van der Waals surface area contributed by atoms with Crippen LogP contribution in [0.15, 0.2) is 5.51 Å². The normalized spacial score (nSPS) is 21.0. The van der Waals surface area contributed by atoms with Gasteiger partial charge in [0.2, 0.25) is 0 Å². The van der Waals surface area contributed by atoms with Gasteiger partial charge in [0, 0.05) is 4.88 Å². The number of thiazole rings is 1. The van der Waals surface area contributed by atoms with E-state index in [0.717, 1.165) is 5.92 Å². The monoisotopic (exact) mass is 210 g/mol. The third-order valence-electron chi connectivity index (χ3n) is 3.29. The smallest absolute Gasteiger partial charge is 0.0797 e. The number of nitrogens with one attached hydrogen (secondary N) is 1. The minimum Gasteiger partial charge on any atom is -0.317 e. The van der Waals surface area contributed by atoms with Gasteiger partial charge in [-0.05, 0) is 44.7 Å². The molecule has 2 heterocycles. The van der Waals surface area contributed by atoms with Gasteiger partial charge in [-0.2, -0.15) is 0 Å². The van der Waals surface area contributed by atoms with E-state index in [4.69, 9.17) is 0 Å². The van der Waals surface area contributed by atoms with Crippen molar-refractivity contribution in [3.05, 3.63) is 16.1 Å². The van der Waals surface area contributed by atoms with Crippen LogP contribution in [-0.4, -0.2) is 18.1 Å². The Bertz CT molecular complexity index is 289. The highest BCUT2D eigenvalue weighted by atomic mass is 32.1. The summed E-state index contributed by atoms with van der Waals surface area (Å²) in [5.41, 5.74) is 3.21. The van der Waals surface area contributed by atoms with Crippen molar-refractivity contribution in [2.45, 2.75) is 32.6 Å². The molecule has 2 nitrogen and oxygen atoms in total. The number of aryl methyl sites for hydroxylation is 1. The third kappa shape index (κ3) is 1.98. The molecule has 2 rings (SSSR count). The summed E-state index contributed by atoms with van der Waals surface area (Å²) in [6.07, 6.45) is 2.64. The van der Waals surface area contributed by atoms with Gasteiger partial charge in [-0.25, -0.2) is 4.98 Å². The first-order valence-electron chi connectivity index (χ1n) is 5.39. The predicted molar refractivity (Wildman–Crippen MR) is 60.9 cm³/mol. The van der Waals surface area contributed by atoms with E-state index in [1.54, 1.807) is 0 Å². The number of aromatic nitrogens is 1. The van der Waals surface area contributed by atoms with Crippen LogP contribution in [0, 0.1) is 12.8 Å². The Kier molecular flexibility index (Phi) is 3.19. The highest BCUT2D eigenvalue weighted by Gasteiger charge is 2.23. The lowest BCUT2D eigenvalue weighted by Crippen LogP contribution is -2.30. The topological polar surface area (TPSA) is 24.9 Å². The number of hydrogen-bond acceptors (Lipinski definition) is 3. The van der Waals surface area contributed by atoms with Crippen molar-refractivity contribution in [2.75, 3.05) is 13.1 Å². The summed E-state index contributed by atoms with van der Waals surface area (Å²) in [6, 6.07) is 0. The second kappa shape index (κ2) is 4.41. The van der Waals surface area contributed by atoms with Gasteiger partial charge in [0.1, 0.15) is 0 Å². The van der Waals surface area contributed by atoms with Gasteiger partial charge in [0.25, 0.3) is 0 Å². The Morgan fingerprint density at radius 3 is 2.79 bits per heavy atom. The summed E-state index contributed by atoms with van der Waals surface area (Å²) in [7, 11) is 0. The van der Waals surface area contributed by atoms with Gasteiger partial charge >= 0.3 is 0 Å². The van der Waals surface area contributed by atoms with Crippen LogP contribution in [-0.2, 0) is 0 Å². The molecule has 14 heavy (non-hydrogen) atoms. The Balaban J connectivity index is 2.07. The fourth-order valence-corrected chi connectivity index (χ4v) is 3.26. The fourth-order valence-electron chi connectivity index (χ4n) is 2.31. The summed E-state index contributed by atoms with van der Waals surface area (Å²) in [6.45, 7) is 6.86. The molecule has 1 aliphatic rings. The van der Waals surface area contributed by atoms with Crippen molar-refractivity contribution < 1.29 is 0 Å². The molecule has 1 atom stereocenters. The number of nitrogens with zero attached hydrogens (tertiary/aromatic N) is 1. The molecule has 0 aromatic carbocycles. The maximum absolute atomic E-state index is 4.34. The van der Waals surface area contributed by atoms with Crippen molar-refractivity contribution in [1.82, 2.24) is 10.3 Å². The van der Waals surface area contributed by atoms with Crippen molar-refractivity contribution in [1.29, 1.82) is 0 Å². The highest BCUT2D eigenvalue weighted by Crippen LogP contribution is 2.34. The van der Waals surface area contributed by atoms with E-state index >= 15 is 0 Å². The zero-order valence-corrected chi connectivity index (χ0v) is 9.73. The lowest BCUT2D eigenvalue weighted by molar-refractivity contribution is 0.332. The van der Waals surface area contributed by atoms with E-state index in [-0.39, 0.29) is 0 Å². The molecule has 1 N–H and O–H groups in total. The molecule has 1 unspecified atom stereocenters. The van der Waals surface area contributed by atoms with Crippen molar-refractivity contribution in [2.24, 2.45) is 5.92 Å². The van der Waals surface area contributed by atoms with Crippen LogP contribution in [0.3, 0.4) is 0 Å². The van der Waals surface area contributed by atoms with Crippen molar-refractivity contribution >= 4 is 11.3 Å². The number of hydrogen-bond donors (Lipinski definition) is 1. The molecule has 1 aromatic heterocycles. The van der Waals surface area contributed by atoms with Gasteiger partial charge in [-0.1, -0.05) is 6.92 Å². The molecular formula is C11H18N2S. The van der Waals surface area contributed by atoms with E-state index in [1.165, 1.54) is 36.5 Å². The van der Waals surface area contributed by atoms with Crippen LogP contribution < -0.4 is 5.32 Å². The molecule has 78 valence electrons. The molecule has 0 saturated carbocycles. The summed E-state index contributed by atoms with van der Waals surface area (Å²) >= 11 is 1.82. The van der Waals surface area contributed by atoms with Gasteiger partial charge in [-0.15, -0.1) is 11.3 Å². The Hall–Kier alpha value is -0.410. The van der Waals surface area contributed by atoms with E-state index < -0.39 is 0 Å².